The molecule has 3 aromatic rings. The van der Waals surface area contributed by atoms with E-state index in [1.54, 1.807) is 26.4 Å². The average Bonchev–Trinajstić information content (AvgIpc) is 2.88. The van der Waals surface area contributed by atoms with Gasteiger partial charge in [-0.15, -0.1) is 10.2 Å². The zero-order chi connectivity index (χ0) is 25.0. The summed E-state index contributed by atoms with van der Waals surface area (Å²) in [6.07, 6.45) is -4.55. The number of rotatable bonds is 5. The maximum absolute atomic E-state index is 13.2. The normalized spacial score (nSPS) is 14.0. The topological polar surface area (TPSA) is 79.8 Å². The number of hydrogen-bond donors (Lipinski definition) is 1. The Morgan fingerprint density at radius 2 is 1.69 bits per heavy atom. The van der Waals surface area contributed by atoms with Gasteiger partial charge in [-0.2, -0.15) is 13.2 Å². The summed E-state index contributed by atoms with van der Waals surface area (Å²) in [6, 6.07) is 13.4. The van der Waals surface area contributed by atoms with Gasteiger partial charge in [-0.3, -0.25) is 0 Å². The van der Waals surface area contributed by atoms with E-state index in [9.17, 15) is 18.0 Å². The molecule has 0 spiro atoms. The first kappa shape index (κ1) is 24.1. The molecule has 1 aliphatic rings. The molecule has 8 nitrogen and oxygen atoms in total. The highest BCUT2D eigenvalue weighted by Gasteiger charge is 2.34. The summed E-state index contributed by atoms with van der Waals surface area (Å²) in [5, 5.41) is 11.0. The van der Waals surface area contributed by atoms with Crippen molar-refractivity contribution in [2.45, 2.75) is 6.18 Å². The van der Waals surface area contributed by atoms with E-state index in [1.165, 1.54) is 23.1 Å². The van der Waals surface area contributed by atoms with Crippen molar-refractivity contribution in [3.05, 3.63) is 60.2 Å². The fourth-order valence-corrected chi connectivity index (χ4v) is 3.82. The molecule has 0 aliphatic carbocycles. The Labute approximate surface area is 200 Å². The number of hydrogen-bond acceptors (Lipinski definition) is 6. The molecule has 35 heavy (non-hydrogen) atoms. The molecule has 4 rings (SSSR count). The Morgan fingerprint density at radius 3 is 2.31 bits per heavy atom. The van der Waals surface area contributed by atoms with Crippen LogP contribution in [0.25, 0.3) is 11.3 Å². The lowest BCUT2D eigenvalue weighted by atomic mass is 10.1. The quantitative estimate of drug-likeness (QED) is 0.570. The lowest BCUT2D eigenvalue weighted by molar-refractivity contribution is -0.136. The van der Waals surface area contributed by atoms with Gasteiger partial charge in [0.15, 0.2) is 5.82 Å². The van der Waals surface area contributed by atoms with Crippen LogP contribution >= 0.6 is 0 Å². The molecule has 2 heterocycles. The van der Waals surface area contributed by atoms with E-state index in [2.05, 4.69) is 15.5 Å². The number of nitrogens with zero attached hydrogens (tertiary/aromatic N) is 4. The monoisotopic (exact) mass is 487 g/mol. The Balaban J connectivity index is 1.40. The number of anilines is 2. The highest BCUT2D eigenvalue weighted by atomic mass is 19.4. The van der Waals surface area contributed by atoms with Crippen LogP contribution in [0.3, 0.4) is 0 Å². The van der Waals surface area contributed by atoms with Crippen LogP contribution in [0.1, 0.15) is 5.56 Å². The van der Waals surface area contributed by atoms with E-state index >= 15 is 0 Å². The first-order valence-electron chi connectivity index (χ1n) is 10.8. The number of nitrogens with one attached hydrogen (secondary N) is 1. The summed E-state index contributed by atoms with van der Waals surface area (Å²) in [7, 11) is 3.15. The smallest absolute Gasteiger partial charge is 0.418 e. The van der Waals surface area contributed by atoms with E-state index in [4.69, 9.17) is 9.47 Å². The molecule has 2 amide bonds. The number of urea groups is 1. The van der Waals surface area contributed by atoms with Gasteiger partial charge in [0.2, 0.25) is 0 Å². The van der Waals surface area contributed by atoms with Gasteiger partial charge in [0.25, 0.3) is 0 Å². The minimum absolute atomic E-state index is 0.262. The standard InChI is InChI=1S/C24H24F3N5O3/c1-34-16-7-9-21(35-2)17(15-16)19-8-10-22(30-29-19)31-11-13-32(14-12-31)23(33)28-20-6-4-3-5-18(20)24(25,26)27/h3-10,15H,11-14H2,1-2H3,(H,28,33). The van der Waals surface area contributed by atoms with Crippen LogP contribution in [0.4, 0.5) is 29.5 Å². The molecular formula is C24H24F3N5O3. The third kappa shape index (κ3) is 5.39. The van der Waals surface area contributed by atoms with E-state index < -0.39 is 17.8 Å². The summed E-state index contributed by atoms with van der Waals surface area (Å²) in [4.78, 5) is 16.0. The van der Waals surface area contributed by atoms with E-state index in [0.717, 1.165) is 11.6 Å². The van der Waals surface area contributed by atoms with Gasteiger partial charge in [0.1, 0.15) is 11.5 Å². The Kier molecular flexibility index (Phi) is 6.94. The second-order valence-corrected chi connectivity index (χ2v) is 7.79. The lowest BCUT2D eigenvalue weighted by Crippen LogP contribution is -2.50. The number of ether oxygens (including phenoxy) is 2. The van der Waals surface area contributed by atoms with Crippen LogP contribution in [0.5, 0.6) is 11.5 Å². The number of carbonyl (C=O) groups is 1. The summed E-state index contributed by atoms with van der Waals surface area (Å²) >= 11 is 0. The molecule has 1 saturated heterocycles. The lowest BCUT2D eigenvalue weighted by Gasteiger charge is -2.35. The molecule has 2 aromatic carbocycles. The predicted octanol–water partition coefficient (Wildman–Crippen LogP) is 4.53. The van der Waals surface area contributed by atoms with Crippen molar-refractivity contribution < 1.29 is 27.4 Å². The third-order valence-corrected chi connectivity index (χ3v) is 5.70. The van der Waals surface area contributed by atoms with Crippen molar-refractivity contribution in [3.8, 4) is 22.8 Å². The van der Waals surface area contributed by atoms with E-state index in [0.29, 0.717) is 49.2 Å². The Hall–Kier alpha value is -4.02. The second-order valence-electron chi connectivity index (χ2n) is 7.79. The minimum Gasteiger partial charge on any atom is -0.497 e. The molecule has 11 heteroatoms. The van der Waals surface area contributed by atoms with Gasteiger partial charge in [-0.25, -0.2) is 4.79 Å². The molecular weight excluding hydrogens is 463 g/mol. The van der Waals surface area contributed by atoms with Crippen molar-refractivity contribution in [3.63, 3.8) is 0 Å². The zero-order valence-electron chi connectivity index (χ0n) is 19.2. The fraction of sp³-hybridized carbons (Fsp3) is 0.292. The van der Waals surface area contributed by atoms with E-state index in [-0.39, 0.29) is 5.69 Å². The second kappa shape index (κ2) is 10.1. The fourth-order valence-electron chi connectivity index (χ4n) is 3.82. The molecule has 0 saturated carbocycles. The number of benzene rings is 2. The third-order valence-electron chi connectivity index (χ3n) is 5.70. The summed E-state index contributed by atoms with van der Waals surface area (Å²) in [5.74, 6) is 1.94. The number of methoxy groups -OCH3 is 2. The Morgan fingerprint density at radius 1 is 0.943 bits per heavy atom. The molecule has 0 bridgehead atoms. The highest BCUT2D eigenvalue weighted by Crippen LogP contribution is 2.35. The van der Waals surface area contributed by atoms with Crippen LogP contribution in [0.2, 0.25) is 0 Å². The van der Waals surface area contributed by atoms with Crippen LogP contribution in [0.15, 0.2) is 54.6 Å². The van der Waals surface area contributed by atoms with Gasteiger partial charge >= 0.3 is 12.2 Å². The summed E-state index contributed by atoms with van der Waals surface area (Å²) in [5.41, 5.74) is 0.217. The number of piperazine rings is 1. The summed E-state index contributed by atoms with van der Waals surface area (Å²) < 4.78 is 50.3. The van der Waals surface area contributed by atoms with Crippen LogP contribution in [0, 0.1) is 0 Å². The van der Waals surface area contributed by atoms with Gasteiger partial charge < -0.3 is 24.6 Å². The number of amides is 2. The van der Waals surface area contributed by atoms with Crippen molar-refractivity contribution >= 4 is 17.5 Å². The number of para-hydroxylation sites is 1. The van der Waals surface area contributed by atoms with Gasteiger partial charge in [-0.05, 0) is 42.5 Å². The first-order valence-corrected chi connectivity index (χ1v) is 10.8. The van der Waals surface area contributed by atoms with Crippen molar-refractivity contribution in [1.82, 2.24) is 15.1 Å². The SMILES string of the molecule is COc1ccc(OC)c(-c2ccc(N3CCN(C(=O)Nc4ccccc4C(F)(F)F)CC3)nn2)c1. The summed E-state index contributed by atoms with van der Waals surface area (Å²) in [6.45, 7) is 1.58. The molecule has 0 radical (unpaired) electrons. The number of carbonyl (C=O) groups excluding carboxylic acids is 1. The molecule has 0 unspecified atom stereocenters. The van der Waals surface area contributed by atoms with Crippen molar-refractivity contribution in [1.29, 1.82) is 0 Å². The molecule has 0 atom stereocenters. The van der Waals surface area contributed by atoms with Crippen LogP contribution in [-0.2, 0) is 6.18 Å². The molecule has 1 fully saturated rings. The van der Waals surface area contributed by atoms with Gasteiger partial charge in [0.05, 0.1) is 31.2 Å². The highest BCUT2D eigenvalue weighted by molar-refractivity contribution is 5.90. The largest absolute Gasteiger partial charge is 0.497 e. The van der Waals surface area contributed by atoms with Crippen LogP contribution < -0.4 is 19.7 Å². The first-order chi connectivity index (χ1) is 16.8. The zero-order valence-corrected chi connectivity index (χ0v) is 19.2. The molecule has 184 valence electrons. The molecule has 1 aliphatic heterocycles. The number of halogens is 3. The van der Waals surface area contributed by atoms with E-state index in [1.807, 2.05) is 23.1 Å². The van der Waals surface area contributed by atoms with Crippen LogP contribution in [-0.4, -0.2) is 61.5 Å². The van der Waals surface area contributed by atoms with Crippen molar-refractivity contribution in [2.75, 3.05) is 50.6 Å². The molecule has 1 aromatic heterocycles. The van der Waals surface area contributed by atoms with Gasteiger partial charge in [0, 0.05) is 31.7 Å². The number of alkyl halides is 3. The minimum atomic E-state index is -4.55. The average molecular weight is 487 g/mol. The maximum Gasteiger partial charge on any atom is 0.418 e. The number of aromatic nitrogens is 2. The predicted molar refractivity (Wildman–Crippen MR) is 125 cm³/mol. The van der Waals surface area contributed by atoms with Crippen molar-refractivity contribution in [2.24, 2.45) is 0 Å². The maximum atomic E-state index is 13.2. The molecule has 1 N–H and O–H groups in total. The van der Waals surface area contributed by atoms with Gasteiger partial charge in [-0.1, -0.05) is 12.1 Å². The Bertz CT molecular complexity index is 1180.